The van der Waals surface area contributed by atoms with Crippen LogP contribution in [0.3, 0.4) is 0 Å². The number of aryl methyl sites for hydroxylation is 2. The lowest BCUT2D eigenvalue weighted by Gasteiger charge is -2.29. The Labute approximate surface area is 146 Å². The zero-order valence-corrected chi connectivity index (χ0v) is 15.4. The van der Waals surface area contributed by atoms with Crippen molar-refractivity contribution >= 4 is 0 Å². The van der Waals surface area contributed by atoms with Crippen molar-refractivity contribution in [3.63, 3.8) is 0 Å². The van der Waals surface area contributed by atoms with Gasteiger partial charge in [-0.1, -0.05) is 54.4 Å². The smallest absolute Gasteiger partial charge is 0.126 e. The summed E-state index contributed by atoms with van der Waals surface area (Å²) in [5, 5.41) is 0. The minimum atomic E-state index is -0.283. The number of benzene rings is 2. The summed E-state index contributed by atoms with van der Waals surface area (Å²) >= 11 is 0. The Morgan fingerprint density at radius 3 is 2.04 bits per heavy atom. The van der Waals surface area contributed by atoms with Crippen LogP contribution < -0.4 is 4.74 Å². The van der Waals surface area contributed by atoms with Crippen LogP contribution in [0.5, 0.6) is 5.75 Å². The number of allylic oxidation sites excluding steroid dienone is 1. The summed E-state index contributed by atoms with van der Waals surface area (Å²) in [4.78, 5) is 0. The molecule has 1 atom stereocenters. The molecule has 2 aromatic carbocycles. The van der Waals surface area contributed by atoms with Crippen LogP contribution in [0.4, 0.5) is 0 Å². The average Bonchev–Trinajstić information content (AvgIpc) is 2.57. The molecular formula is C22H28O2. The van der Waals surface area contributed by atoms with Gasteiger partial charge in [0.15, 0.2) is 0 Å². The van der Waals surface area contributed by atoms with Crippen LogP contribution in [0.1, 0.15) is 43.9 Å². The normalized spacial score (nSPS) is 14.3. The molecule has 2 heteroatoms. The first kappa shape index (κ1) is 18.3. The van der Waals surface area contributed by atoms with E-state index in [1.807, 2.05) is 37.3 Å². The molecule has 0 aromatic heterocycles. The number of rotatable bonds is 7. The van der Waals surface area contributed by atoms with Gasteiger partial charge in [0.1, 0.15) is 5.75 Å². The molecule has 24 heavy (non-hydrogen) atoms. The van der Waals surface area contributed by atoms with Crippen molar-refractivity contribution in [3.8, 4) is 5.75 Å². The lowest BCUT2D eigenvalue weighted by molar-refractivity contribution is -0.0243. The van der Waals surface area contributed by atoms with Crippen LogP contribution in [0.25, 0.3) is 0 Å². The SMILES string of the molecule is CCC(C)(OC/C=C(\C)Oc1ccc(C)cc1)c1ccc(C)cc1. The highest BCUT2D eigenvalue weighted by atomic mass is 16.5. The molecule has 128 valence electrons. The van der Waals surface area contributed by atoms with Crippen LogP contribution in [0.15, 0.2) is 60.4 Å². The van der Waals surface area contributed by atoms with Crippen molar-refractivity contribution in [2.24, 2.45) is 0 Å². The Morgan fingerprint density at radius 1 is 0.958 bits per heavy atom. The molecule has 0 bridgehead atoms. The highest BCUT2D eigenvalue weighted by Crippen LogP contribution is 2.29. The monoisotopic (exact) mass is 324 g/mol. The maximum Gasteiger partial charge on any atom is 0.126 e. The number of hydrogen-bond acceptors (Lipinski definition) is 2. The van der Waals surface area contributed by atoms with Crippen molar-refractivity contribution in [1.29, 1.82) is 0 Å². The molecule has 0 saturated carbocycles. The molecule has 2 aromatic rings. The van der Waals surface area contributed by atoms with Gasteiger partial charge in [-0.15, -0.1) is 0 Å². The minimum Gasteiger partial charge on any atom is -0.462 e. The van der Waals surface area contributed by atoms with Crippen molar-refractivity contribution in [2.75, 3.05) is 6.61 Å². The first-order valence-corrected chi connectivity index (χ1v) is 8.55. The number of hydrogen-bond donors (Lipinski definition) is 0. The van der Waals surface area contributed by atoms with E-state index in [4.69, 9.17) is 9.47 Å². The fourth-order valence-corrected chi connectivity index (χ4v) is 2.47. The summed E-state index contributed by atoms with van der Waals surface area (Å²) in [6, 6.07) is 16.6. The van der Waals surface area contributed by atoms with Crippen molar-refractivity contribution < 1.29 is 9.47 Å². The Morgan fingerprint density at radius 2 is 1.50 bits per heavy atom. The molecule has 0 aliphatic heterocycles. The maximum atomic E-state index is 6.18. The topological polar surface area (TPSA) is 18.5 Å². The second kappa shape index (κ2) is 8.16. The van der Waals surface area contributed by atoms with Crippen LogP contribution in [0.2, 0.25) is 0 Å². The van der Waals surface area contributed by atoms with Gasteiger partial charge in [0.05, 0.1) is 18.0 Å². The molecule has 0 fully saturated rings. The Balaban J connectivity index is 1.96. The summed E-state index contributed by atoms with van der Waals surface area (Å²) in [6.45, 7) is 10.9. The fourth-order valence-electron chi connectivity index (χ4n) is 2.47. The lowest BCUT2D eigenvalue weighted by atomic mass is 9.92. The second-order valence-electron chi connectivity index (χ2n) is 6.49. The van der Waals surface area contributed by atoms with E-state index in [-0.39, 0.29) is 5.60 Å². The Hall–Kier alpha value is -2.06. The summed E-state index contributed by atoms with van der Waals surface area (Å²) < 4.78 is 12.0. The molecule has 0 saturated heterocycles. The largest absolute Gasteiger partial charge is 0.462 e. The van der Waals surface area contributed by atoms with E-state index in [1.165, 1.54) is 16.7 Å². The van der Waals surface area contributed by atoms with E-state index in [9.17, 15) is 0 Å². The molecule has 0 spiro atoms. The first-order valence-electron chi connectivity index (χ1n) is 8.55. The summed E-state index contributed by atoms with van der Waals surface area (Å²) in [7, 11) is 0. The summed E-state index contributed by atoms with van der Waals surface area (Å²) in [5.41, 5.74) is 3.42. The van der Waals surface area contributed by atoms with Gasteiger partial charge in [0.2, 0.25) is 0 Å². The van der Waals surface area contributed by atoms with Crippen molar-refractivity contribution in [3.05, 3.63) is 77.1 Å². The molecule has 2 nitrogen and oxygen atoms in total. The third-order valence-electron chi connectivity index (χ3n) is 4.41. The van der Waals surface area contributed by atoms with E-state index >= 15 is 0 Å². The van der Waals surface area contributed by atoms with E-state index in [1.54, 1.807) is 0 Å². The summed E-state index contributed by atoms with van der Waals surface area (Å²) in [6.07, 6.45) is 2.91. The third kappa shape index (κ3) is 4.97. The zero-order valence-electron chi connectivity index (χ0n) is 15.4. The lowest BCUT2D eigenvalue weighted by Crippen LogP contribution is -2.25. The van der Waals surface area contributed by atoms with Gasteiger partial charge in [-0.05, 0) is 57.9 Å². The van der Waals surface area contributed by atoms with E-state index in [0.29, 0.717) is 6.61 Å². The van der Waals surface area contributed by atoms with Crippen LogP contribution in [0, 0.1) is 13.8 Å². The van der Waals surface area contributed by atoms with Gasteiger partial charge < -0.3 is 9.47 Å². The quantitative estimate of drug-likeness (QED) is 0.588. The fraction of sp³-hybridized carbons (Fsp3) is 0.364. The Kier molecular flexibility index (Phi) is 6.22. The molecule has 0 heterocycles. The van der Waals surface area contributed by atoms with Gasteiger partial charge in [-0.2, -0.15) is 0 Å². The molecular weight excluding hydrogens is 296 g/mol. The predicted molar refractivity (Wildman–Crippen MR) is 100 cm³/mol. The summed E-state index contributed by atoms with van der Waals surface area (Å²) in [5.74, 6) is 1.70. The van der Waals surface area contributed by atoms with Gasteiger partial charge in [-0.25, -0.2) is 0 Å². The molecule has 0 aliphatic carbocycles. The van der Waals surface area contributed by atoms with E-state index < -0.39 is 0 Å². The molecule has 2 rings (SSSR count). The predicted octanol–water partition coefficient (Wildman–Crippen LogP) is 5.93. The highest BCUT2D eigenvalue weighted by Gasteiger charge is 2.24. The van der Waals surface area contributed by atoms with Gasteiger partial charge >= 0.3 is 0 Å². The van der Waals surface area contributed by atoms with E-state index in [2.05, 4.69) is 52.0 Å². The van der Waals surface area contributed by atoms with Crippen LogP contribution in [-0.2, 0) is 10.3 Å². The van der Waals surface area contributed by atoms with Crippen LogP contribution in [-0.4, -0.2) is 6.61 Å². The first-order chi connectivity index (χ1) is 11.4. The highest BCUT2D eigenvalue weighted by molar-refractivity contribution is 5.28. The third-order valence-corrected chi connectivity index (χ3v) is 4.41. The van der Waals surface area contributed by atoms with E-state index in [0.717, 1.165) is 17.9 Å². The maximum absolute atomic E-state index is 6.18. The standard InChI is InChI=1S/C22H28O2/c1-6-22(5,20-11-7-17(2)8-12-20)23-16-15-19(4)24-21-13-9-18(3)10-14-21/h7-15H,6,16H2,1-5H3/b19-15+. The molecule has 0 N–H and O–H groups in total. The average molecular weight is 324 g/mol. The van der Waals surface area contributed by atoms with Gasteiger partial charge in [0.25, 0.3) is 0 Å². The number of ether oxygens (including phenoxy) is 2. The van der Waals surface area contributed by atoms with Gasteiger partial charge in [0, 0.05) is 0 Å². The molecule has 1 unspecified atom stereocenters. The zero-order chi connectivity index (χ0) is 17.6. The molecule has 0 aliphatic rings. The molecule has 0 radical (unpaired) electrons. The second-order valence-corrected chi connectivity index (χ2v) is 6.49. The minimum absolute atomic E-state index is 0.283. The Bertz CT molecular complexity index is 668. The van der Waals surface area contributed by atoms with Crippen molar-refractivity contribution in [2.45, 2.75) is 46.6 Å². The van der Waals surface area contributed by atoms with Gasteiger partial charge in [-0.3, -0.25) is 0 Å². The van der Waals surface area contributed by atoms with Crippen LogP contribution >= 0.6 is 0 Å². The van der Waals surface area contributed by atoms with Crippen molar-refractivity contribution in [1.82, 2.24) is 0 Å². The molecule has 0 amide bonds.